The highest BCUT2D eigenvalue weighted by atomic mass is 32.2. The number of rotatable bonds is 8. The van der Waals surface area contributed by atoms with Crippen LogP contribution in [0.4, 0.5) is 4.79 Å². The van der Waals surface area contributed by atoms with Gasteiger partial charge in [0, 0.05) is 17.1 Å². The van der Waals surface area contributed by atoms with Crippen LogP contribution in [0.3, 0.4) is 0 Å². The number of para-hydroxylation sites is 1. The number of benzene rings is 3. The number of aryl methyl sites for hydroxylation is 1. The van der Waals surface area contributed by atoms with Gasteiger partial charge in [0.15, 0.2) is 6.10 Å². The molecule has 0 saturated carbocycles. The van der Waals surface area contributed by atoms with Gasteiger partial charge in [0.1, 0.15) is 6.61 Å². The largest absolute Gasteiger partial charge is 0.467 e. The summed E-state index contributed by atoms with van der Waals surface area (Å²) in [5.74, 6) is -1.01. The van der Waals surface area contributed by atoms with E-state index in [4.69, 9.17) is 4.74 Å². The molecule has 2 N–H and O–H groups in total. The number of carbonyl (C=O) groups is 2. The van der Waals surface area contributed by atoms with Gasteiger partial charge in [-0.2, -0.15) is 0 Å². The van der Waals surface area contributed by atoms with Crippen LogP contribution >= 0.6 is 0 Å². The number of hydrogen-bond acceptors (Lipinski definition) is 7. The Labute approximate surface area is 214 Å². The lowest BCUT2D eigenvalue weighted by Gasteiger charge is -2.22. The molecule has 192 valence electrons. The number of aromatic nitrogens is 1. The molecule has 0 bridgehead atoms. The molecule has 3 aromatic carbocycles. The molecule has 1 aromatic heterocycles. The van der Waals surface area contributed by atoms with Crippen LogP contribution in [0.1, 0.15) is 22.7 Å². The molecule has 0 radical (unpaired) electrons. The van der Waals surface area contributed by atoms with Crippen LogP contribution in [0.25, 0.3) is 10.9 Å². The van der Waals surface area contributed by atoms with Gasteiger partial charge < -0.3 is 19.9 Å². The quantitative estimate of drug-likeness (QED) is 0.338. The highest BCUT2D eigenvalue weighted by Crippen LogP contribution is 2.32. The van der Waals surface area contributed by atoms with Gasteiger partial charge in [0.2, 0.25) is 0 Å². The fourth-order valence-corrected chi connectivity index (χ4v) is 5.30. The number of nitrogens with one attached hydrogen (secondary N) is 1. The standard InChI is InChI=1S/C27H26N2O7S/c1-18-12-14-20(15-13-18)37(33,34)29-16-22(21-10-6-7-11-23(21)29)24(25(30)26(31)35-2)28-27(32)36-17-19-8-4-3-5-9-19/h3-16,24-25,30H,17H2,1-2H3,(H,28,32)/t24-,25+/m1/s1. The lowest BCUT2D eigenvalue weighted by Crippen LogP contribution is -2.41. The van der Waals surface area contributed by atoms with Gasteiger partial charge in [-0.05, 0) is 30.7 Å². The minimum absolute atomic E-state index is 0.0444. The van der Waals surface area contributed by atoms with E-state index in [0.29, 0.717) is 10.9 Å². The number of aliphatic hydroxyl groups is 1. The van der Waals surface area contributed by atoms with Gasteiger partial charge >= 0.3 is 12.1 Å². The Kier molecular flexibility index (Phi) is 7.61. The number of methoxy groups -OCH3 is 1. The molecule has 0 saturated heterocycles. The van der Waals surface area contributed by atoms with Crippen LogP contribution in [-0.4, -0.2) is 42.8 Å². The number of ether oxygens (including phenoxy) is 2. The van der Waals surface area contributed by atoms with Crippen molar-refractivity contribution in [3.63, 3.8) is 0 Å². The number of nitrogens with zero attached hydrogens (tertiary/aromatic N) is 1. The molecular weight excluding hydrogens is 496 g/mol. The molecule has 0 aliphatic heterocycles. The van der Waals surface area contributed by atoms with Crippen molar-refractivity contribution in [1.29, 1.82) is 0 Å². The zero-order valence-corrected chi connectivity index (χ0v) is 21.0. The first-order valence-electron chi connectivity index (χ1n) is 11.4. The second-order valence-corrected chi connectivity index (χ2v) is 10.2. The van der Waals surface area contributed by atoms with E-state index in [1.54, 1.807) is 60.7 Å². The Bertz CT molecular complexity index is 1510. The molecule has 37 heavy (non-hydrogen) atoms. The van der Waals surface area contributed by atoms with Crippen molar-refractivity contribution in [3.05, 3.63) is 102 Å². The molecule has 10 heteroatoms. The first-order valence-corrected chi connectivity index (χ1v) is 12.8. The van der Waals surface area contributed by atoms with Gasteiger partial charge in [-0.3, -0.25) is 0 Å². The first kappa shape index (κ1) is 25.9. The fourth-order valence-electron chi connectivity index (χ4n) is 3.92. The molecule has 1 heterocycles. The van der Waals surface area contributed by atoms with Crippen molar-refractivity contribution in [2.24, 2.45) is 0 Å². The Morgan fingerprint density at radius 1 is 0.973 bits per heavy atom. The van der Waals surface area contributed by atoms with E-state index in [0.717, 1.165) is 22.2 Å². The molecule has 0 fully saturated rings. The van der Waals surface area contributed by atoms with E-state index >= 15 is 0 Å². The van der Waals surface area contributed by atoms with Crippen molar-refractivity contribution in [1.82, 2.24) is 9.29 Å². The molecule has 0 spiro atoms. The number of hydrogen-bond donors (Lipinski definition) is 2. The van der Waals surface area contributed by atoms with E-state index in [9.17, 15) is 23.1 Å². The second kappa shape index (κ2) is 10.9. The van der Waals surface area contributed by atoms with Gasteiger partial charge in [-0.25, -0.2) is 22.0 Å². The van der Waals surface area contributed by atoms with Gasteiger partial charge in [-0.15, -0.1) is 0 Å². The molecule has 0 aliphatic rings. The van der Waals surface area contributed by atoms with Crippen molar-refractivity contribution < 1.29 is 32.6 Å². The van der Waals surface area contributed by atoms with Crippen LogP contribution in [0, 0.1) is 6.92 Å². The summed E-state index contributed by atoms with van der Waals surface area (Å²) >= 11 is 0. The average Bonchev–Trinajstić information content (AvgIpc) is 3.31. The van der Waals surface area contributed by atoms with E-state index in [-0.39, 0.29) is 17.1 Å². The summed E-state index contributed by atoms with van der Waals surface area (Å²) < 4.78 is 38.1. The summed E-state index contributed by atoms with van der Waals surface area (Å²) in [6.07, 6.45) is -1.46. The second-order valence-electron chi connectivity index (χ2n) is 8.37. The predicted molar refractivity (Wildman–Crippen MR) is 136 cm³/mol. The third-order valence-corrected chi connectivity index (χ3v) is 7.55. The molecule has 0 unspecified atom stereocenters. The normalized spacial score (nSPS) is 13.1. The van der Waals surface area contributed by atoms with Crippen LogP contribution in [0.15, 0.2) is 90.0 Å². The van der Waals surface area contributed by atoms with E-state index in [2.05, 4.69) is 10.1 Å². The number of amides is 1. The fraction of sp³-hybridized carbons (Fsp3) is 0.185. The SMILES string of the molecule is COC(=O)[C@@H](O)[C@H](NC(=O)OCc1ccccc1)c1cn(S(=O)(=O)c2ccc(C)cc2)c2ccccc12. The minimum Gasteiger partial charge on any atom is -0.467 e. The summed E-state index contributed by atoms with van der Waals surface area (Å²) in [6.45, 7) is 1.80. The van der Waals surface area contributed by atoms with Gasteiger partial charge in [0.05, 0.1) is 23.6 Å². The van der Waals surface area contributed by atoms with Crippen LogP contribution in [0.5, 0.6) is 0 Å². The Morgan fingerprint density at radius 2 is 1.62 bits per heavy atom. The Balaban J connectivity index is 1.75. The maximum atomic E-state index is 13.5. The van der Waals surface area contributed by atoms with Crippen molar-refractivity contribution >= 4 is 33.0 Å². The summed E-state index contributed by atoms with van der Waals surface area (Å²) in [4.78, 5) is 25.0. The monoisotopic (exact) mass is 522 g/mol. The molecule has 2 atom stereocenters. The van der Waals surface area contributed by atoms with Crippen molar-refractivity contribution in [3.8, 4) is 0 Å². The average molecular weight is 523 g/mol. The third-order valence-electron chi connectivity index (χ3n) is 5.87. The lowest BCUT2D eigenvalue weighted by molar-refractivity contribution is -0.152. The van der Waals surface area contributed by atoms with Crippen molar-refractivity contribution in [2.45, 2.75) is 30.6 Å². The number of aliphatic hydroxyl groups excluding tert-OH is 1. The Hall–Kier alpha value is -4.15. The molecule has 4 aromatic rings. The molecular formula is C27H26N2O7S. The maximum Gasteiger partial charge on any atom is 0.408 e. The number of fused-ring (bicyclic) bond motifs is 1. The maximum absolute atomic E-state index is 13.5. The summed E-state index contributed by atoms with van der Waals surface area (Å²) in [5, 5.41) is 13.7. The molecule has 4 rings (SSSR count). The molecule has 1 amide bonds. The zero-order chi connectivity index (χ0) is 26.6. The summed E-state index contributed by atoms with van der Waals surface area (Å²) in [7, 11) is -2.95. The van der Waals surface area contributed by atoms with Gasteiger partial charge in [0.25, 0.3) is 10.0 Å². The molecule has 9 nitrogen and oxygen atoms in total. The minimum atomic E-state index is -4.05. The number of carbonyl (C=O) groups excluding carboxylic acids is 2. The first-order chi connectivity index (χ1) is 17.7. The number of alkyl carbamates (subject to hydrolysis) is 1. The third kappa shape index (κ3) is 5.50. The van der Waals surface area contributed by atoms with E-state index < -0.39 is 34.2 Å². The van der Waals surface area contributed by atoms with E-state index in [1.165, 1.54) is 18.3 Å². The van der Waals surface area contributed by atoms with E-state index in [1.807, 2.05) is 13.0 Å². The van der Waals surface area contributed by atoms with Gasteiger partial charge in [-0.1, -0.05) is 66.2 Å². The van der Waals surface area contributed by atoms with Crippen LogP contribution in [-0.2, 0) is 30.9 Å². The summed E-state index contributed by atoms with van der Waals surface area (Å²) in [6, 6.07) is 20.6. The van der Waals surface area contributed by atoms with Crippen LogP contribution in [0.2, 0.25) is 0 Å². The highest BCUT2D eigenvalue weighted by Gasteiger charge is 2.34. The topological polar surface area (TPSA) is 124 Å². The zero-order valence-electron chi connectivity index (χ0n) is 20.2. The number of esters is 1. The predicted octanol–water partition coefficient (Wildman–Crippen LogP) is 3.69. The highest BCUT2D eigenvalue weighted by molar-refractivity contribution is 7.90. The lowest BCUT2D eigenvalue weighted by atomic mass is 10.0. The Morgan fingerprint density at radius 3 is 2.30 bits per heavy atom. The summed E-state index contributed by atoms with van der Waals surface area (Å²) in [5.41, 5.74) is 2.14. The molecule has 0 aliphatic carbocycles. The van der Waals surface area contributed by atoms with Crippen LogP contribution < -0.4 is 5.32 Å². The van der Waals surface area contributed by atoms with Crippen molar-refractivity contribution in [2.75, 3.05) is 7.11 Å². The smallest absolute Gasteiger partial charge is 0.408 e.